The number of nitrogens with one attached hydrogen (secondary N) is 1. The van der Waals surface area contributed by atoms with E-state index in [0.29, 0.717) is 11.4 Å². The molecule has 0 aromatic heterocycles. The molecule has 2 fully saturated rings. The number of nitrogens with zero attached hydrogens (tertiary/aromatic N) is 1. The summed E-state index contributed by atoms with van der Waals surface area (Å²) in [6.07, 6.45) is 5.89. The molecule has 1 unspecified atom stereocenters. The number of anilines is 1. The maximum atomic E-state index is 13.0. The first kappa shape index (κ1) is 18.5. The summed E-state index contributed by atoms with van der Waals surface area (Å²) in [5, 5.41) is 3.68. The highest BCUT2D eigenvalue weighted by Gasteiger charge is 2.38. The highest BCUT2D eigenvalue weighted by molar-refractivity contribution is 7.91. The lowest BCUT2D eigenvalue weighted by atomic mass is 9.93. The van der Waals surface area contributed by atoms with Gasteiger partial charge in [-0.25, -0.2) is 8.42 Å². The Morgan fingerprint density at radius 3 is 2.48 bits per heavy atom. The number of amides is 1. The van der Waals surface area contributed by atoms with Crippen LogP contribution in [0.4, 0.5) is 5.69 Å². The molecule has 1 N–H and O–H groups in total. The Morgan fingerprint density at radius 2 is 1.84 bits per heavy atom. The Bertz CT molecular complexity index is 717. The van der Waals surface area contributed by atoms with Crippen LogP contribution < -0.4 is 5.32 Å². The van der Waals surface area contributed by atoms with E-state index in [1.807, 2.05) is 23.1 Å². The highest BCUT2D eigenvalue weighted by Crippen LogP contribution is 2.29. The number of hydrogen-bond donors (Lipinski definition) is 1. The maximum Gasteiger partial charge on any atom is 0.242 e. The topological polar surface area (TPSA) is 66.5 Å². The Hall–Kier alpha value is -1.27. The van der Waals surface area contributed by atoms with E-state index in [1.54, 1.807) is 6.07 Å². The van der Waals surface area contributed by atoms with Crippen LogP contribution in [0.3, 0.4) is 0 Å². The minimum atomic E-state index is -3.02. The number of para-hydroxylation sites is 1. The second-order valence-electron chi connectivity index (χ2n) is 6.98. The summed E-state index contributed by atoms with van der Waals surface area (Å²) in [5.74, 6) is 0.252. The predicted octanol–water partition coefficient (Wildman–Crippen LogP) is 3.10. The monoisotopic (exact) mass is 384 g/mol. The van der Waals surface area contributed by atoms with E-state index in [9.17, 15) is 13.2 Å². The van der Waals surface area contributed by atoms with Gasteiger partial charge in [-0.2, -0.15) is 0 Å². The molecule has 0 bridgehead atoms. The number of hydrogen-bond acceptors (Lipinski definition) is 4. The summed E-state index contributed by atoms with van der Waals surface area (Å²) in [5.41, 5.74) is 0.722. The summed E-state index contributed by atoms with van der Waals surface area (Å²) in [6.45, 7) is 0.136. The van der Waals surface area contributed by atoms with Crippen LogP contribution in [-0.2, 0) is 14.6 Å². The van der Waals surface area contributed by atoms with Crippen molar-refractivity contribution in [3.63, 3.8) is 0 Å². The second kappa shape index (κ2) is 7.96. The average Bonchev–Trinajstić information content (AvgIpc) is 2.95. The van der Waals surface area contributed by atoms with Gasteiger partial charge in [0.05, 0.1) is 28.8 Å². The average molecular weight is 385 g/mol. The molecule has 1 aromatic carbocycles. The number of carbonyl (C=O) groups excluding carboxylic acids is 1. The van der Waals surface area contributed by atoms with Gasteiger partial charge >= 0.3 is 0 Å². The van der Waals surface area contributed by atoms with Crippen molar-refractivity contribution in [2.45, 2.75) is 50.6 Å². The molecule has 3 rings (SSSR count). The Morgan fingerprint density at radius 1 is 1.12 bits per heavy atom. The molecule has 5 nitrogen and oxygen atoms in total. The molecule has 0 radical (unpaired) electrons. The quantitative estimate of drug-likeness (QED) is 0.847. The lowest BCUT2D eigenvalue weighted by Crippen LogP contribution is -2.50. The second-order valence-corrected chi connectivity index (χ2v) is 9.62. The molecular formula is C18H25ClN2O3S. The van der Waals surface area contributed by atoms with Crippen LogP contribution in [0, 0.1) is 0 Å². The summed E-state index contributed by atoms with van der Waals surface area (Å²) >= 11 is 6.13. The van der Waals surface area contributed by atoms with Crippen molar-refractivity contribution in [1.29, 1.82) is 0 Å². The van der Waals surface area contributed by atoms with Gasteiger partial charge in [0.2, 0.25) is 5.91 Å². The SMILES string of the molecule is O=C(CNc1ccccc1Cl)N(C1CCCCC1)C1CCS(=O)(=O)C1. The molecule has 25 heavy (non-hydrogen) atoms. The van der Waals surface area contributed by atoms with Crippen molar-refractivity contribution in [2.75, 3.05) is 23.4 Å². The fourth-order valence-corrected chi connectivity index (χ4v) is 5.84. The Kier molecular flexibility index (Phi) is 5.89. The van der Waals surface area contributed by atoms with E-state index >= 15 is 0 Å². The summed E-state index contributed by atoms with van der Waals surface area (Å²) in [4.78, 5) is 14.8. The standard InChI is InChI=1S/C18H25ClN2O3S/c19-16-8-4-5-9-17(16)20-12-18(22)21(14-6-2-1-3-7-14)15-10-11-25(23,24)13-15/h4-5,8-9,14-15,20H,1-3,6-7,10-13H2. The van der Waals surface area contributed by atoms with Gasteiger partial charge in [-0.05, 0) is 31.4 Å². The van der Waals surface area contributed by atoms with E-state index in [1.165, 1.54) is 6.42 Å². The van der Waals surface area contributed by atoms with Crippen molar-refractivity contribution < 1.29 is 13.2 Å². The first-order chi connectivity index (χ1) is 12.0. The molecule has 1 atom stereocenters. The van der Waals surface area contributed by atoms with Crippen LogP contribution in [0.1, 0.15) is 38.5 Å². The molecule has 1 saturated heterocycles. The highest BCUT2D eigenvalue weighted by atomic mass is 35.5. The van der Waals surface area contributed by atoms with Gasteiger partial charge in [0.1, 0.15) is 0 Å². The lowest BCUT2D eigenvalue weighted by molar-refractivity contribution is -0.134. The number of halogens is 1. The minimum Gasteiger partial charge on any atom is -0.375 e. The van der Waals surface area contributed by atoms with E-state index < -0.39 is 9.84 Å². The fourth-order valence-electron chi connectivity index (χ4n) is 3.93. The molecule has 0 spiro atoms. The van der Waals surface area contributed by atoms with Gasteiger partial charge in [-0.1, -0.05) is 43.0 Å². The van der Waals surface area contributed by atoms with Gasteiger partial charge in [0.25, 0.3) is 0 Å². The van der Waals surface area contributed by atoms with E-state index in [0.717, 1.165) is 31.4 Å². The smallest absolute Gasteiger partial charge is 0.242 e. The third-order valence-corrected chi connectivity index (χ3v) is 7.24. The number of benzene rings is 1. The minimum absolute atomic E-state index is 0.0334. The zero-order valence-electron chi connectivity index (χ0n) is 14.3. The molecule has 1 amide bonds. The van der Waals surface area contributed by atoms with Crippen LogP contribution in [0.15, 0.2) is 24.3 Å². The van der Waals surface area contributed by atoms with Crippen LogP contribution in [0.25, 0.3) is 0 Å². The van der Waals surface area contributed by atoms with Crippen molar-refractivity contribution in [2.24, 2.45) is 0 Å². The number of rotatable bonds is 5. The van der Waals surface area contributed by atoms with Gasteiger partial charge < -0.3 is 10.2 Å². The largest absolute Gasteiger partial charge is 0.375 e. The van der Waals surface area contributed by atoms with Crippen LogP contribution in [0.5, 0.6) is 0 Å². The molecule has 1 aliphatic carbocycles. The van der Waals surface area contributed by atoms with E-state index in [-0.39, 0.29) is 36.0 Å². The summed E-state index contributed by atoms with van der Waals surface area (Å²) < 4.78 is 23.8. The molecule has 138 valence electrons. The Labute approximate surface area is 154 Å². The fraction of sp³-hybridized carbons (Fsp3) is 0.611. The number of sulfone groups is 1. The lowest BCUT2D eigenvalue weighted by Gasteiger charge is -2.38. The Balaban J connectivity index is 1.71. The zero-order chi connectivity index (χ0) is 17.9. The predicted molar refractivity (Wildman–Crippen MR) is 101 cm³/mol. The first-order valence-electron chi connectivity index (χ1n) is 8.96. The third kappa shape index (κ3) is 4.67. The normalized spacial score (nSPS) is 23.3. The molecular weight excluding hydrogens is 360 g/mol. The zero-order valence-corrected chi connectivity index (χ0v) is 15.9. The molecule has 1 aliphatic heterocycles. The van der Waals surface area contributed by atoms with Crippen LogP contribution in [-0.4, -0.2) is 49.4 Å². The maximum absolute atomic E-state index is 13.0. The van der Waals surface area contributed by atoms with Gasteiger partial charge in [-0.3, -0.25) is 4.79 Å². The molecule has 1 aromatic rings. The third-order valence-electron chi connectivity index (χ3n) is 5.16. The van der Waals surface area contributed by atoms with Gasteiger partial charge in [0, 0.05) is 12.1 Å². The van der Waals surface area contributed by atoms with E-state index in [2.05, 4.69) is 5.32 Å². The number of carbonyl (C=O) groups is 1. The van der Waals surface area contributed by atoms with E-state index in [4.69, 9.17) is 11.6 Å². The summed E-state index contributed by atoms with van der Waals surface area (Å²) in [6, 6.07) is 7.28. The molecule has 1 saturated carbocycles. The molecule has 7 heteroatoms. The van der Waals surface area contributed by atoms with Crippen molar-refractivity contribution in [3.05, 3.63) is 29.3 Å². The van der Waals surface area contributed by atoms with Crippen molar-refractivity contribution in [1.82, 2.24) is 4.90 Å². The summed E-state index contributed by atoms with van der Waals surface area (Å²) in [7, 11) is -3.02. The molecule has 1 heterocycles. The van der Waals surface area contributed by atoms with Gasteiger partial charge in [0.15, 0.2) is 9.84 Å². The van der Waals surface area contributed by atoms with Crippen molar-refractivity contribution in [3.8, 4) is 0 Å². The van der Waals surface area contributed by atoms with Gasteiger partial charge in [-0.15, -0.1) is 0 Å². The molecule has 2 aliphatic rings. The first-order valence-corrected chi connectivity index (χ1v) is 11.2. The van der Waals surface area contributed by atoms with Crippen molar-refractivity contribution >= 4 is 33.0 Å². The van der Waals surface area contributed by atoms with Crippen LogP contribution >= 0.6 is 11.6 Å². The van der Waals surface area contributed by atoms with Crippen LogP contribution in [0.2, 0.25) is 5.02 Å².